The van der Waals surface area contributed by atoms with Gasteiger partial charge in [-0.3, -0.25) is 9.80 Å². The molecule has 6 aliphatic heterocycles. The Morgan fingerprint density at radius 3 is 1.31 bits per heavy atom. The Hall–Kier alpha value is -3.42. The summed E-state index contributed by atoms with van der Waals surface area (Å²) in [4.78, 5) is 28.8. The average Bonchev–Trinajstić information content (AvgIpc) is 3.43. The van der Waals surface area contributed by atoms with E-state index in [2.05, 4.69) is 0 Å². The highest BCUT2D eigenvalue weighted by Crippen LogP contribution is 2.47. The topological polar surface area (TPSA) is 77.5 Å². The number of ether oxygens (including phenoxy) is 4. The molecule has 0 unspecified atom stereocenters. The molecule has 0 spiro atoms. The molecule has 0 saturated heterocycles. The number of benzene rings is 2. The quantitative estimate of drug-likeness (QED) is 0.715. The monoisotopic (exact) mass is 438 g/mol. The van der Waals surface area contributed by atoms with Crippen molar-refractivity contribution in [3.63, 3.8) is 0 Å². The highest BCUT2D eigenvalue weighted by atomic mass is 16.6. The highest BCUT2D eigenvalue weighted by molar-refractivity contribution is 5.74. The van der Waals surface area contributed by atoms with Gasteiger partial charge in [-0.2, -0.15) is 0 Å². The molecule has 8 heteroatoms. The van der Waals surface area contributed by atoms with Crippen LogP contribution in [0.15, 0.2) is 24.3 Å². The third kappa shape index (κ3) is 3.49. The van der Waals surface area contributed by atoms with Crippen molar-refractivity contribution >= 4 is 12.2 Å². The predicted octanol–water partition coefficient (Wildman–Crippen LogP) is 3.41. The van der Waals surface area contributed by atoms with Gasteiger partial charge in [-0.15, -0.1) is 0 Å². The molecule has 168 valence electrons. The van der Waals surface area contributed by atoms with Crippen molar-refractivity contribution in [2.75, 3.05) is 27.4 Å². The van der Waals surface area contributed by atoms with Gasteiger partial charge in [-0.25, -0.2) is 9.59 Å². The molecule has 0 atom stereocenters. The van der Waals surface area contributed by atoms with Gasteiger partial charge in [0, 0.05) is 35.1 Å². The van der Waals surface area contributed by atoms with Gasteiger partial charge in [-0.05, 0) is 11.1 Å². The summed E-state index contributed by atoms with van der Waals surface area (Å²) < 4.78 is 22.6. The first-order valence-electron chi connectivity index (χ1n) is 10.8. The number of carbonyl (C=O) groups is 2. The van der Waals surface area contributed by atoms with E-state index in [1.165, 1.54) is 0 Å². The van der Waals surface area contributed by atoms with Crippen molar-refractivity contribution < 1.29 is 28.5 Å². The Labute approximate surface area is 186 Å². The molecular formula is C24H26N2O6. The molecule has 0 aromatic heterocycles. The zero-order valence-corrected chi connectivity index (χ0v) is 18.3. The van der Waals surface area contributed by atoms with Gasteiger partial charge in [0.15, 0.2) is 0 Å². The van der Waals surface area contributed by atoms with Crippen LogP contribution in [0.4, 0.5) is 9.59 Å². The van der Waals surface area contributed by atoms with Gasteiger partial charge in [0.2, 0.25) is 0 Å². The van der Waals surface area contributed by atoms with Crippen molar-refractivity contribution in [2.24, 2.45) is 0 Å². The minimum absolute atomic E-state index is 0.308. The van der Waals surface area contributed by atoms with Gasteiger partial charge in [-0.1, -0.05) is 24.3 Å². The van der Waals surface area contributed by atoms with Crippen LogP contribution < -0.4 is 9.47 Å². The number of hydrogen-bond acceptors (Lipinski definition) is 6. The number of carbonyl (C=O) groups excluding carboxylic acids is 2. The minimum Gasteiger partial charge on any atom is -0.496 e. The Balaban J connectivity index is 1.50. The molecule has 32 heavy (non-hydrogen) atoms. The van der Waals surface area contributed by atoms with E-state index in [0.29, 0.717) is 63.7 Å². The SMILES string of the molecule is COc1c2c3c(OC)c4c1CN(C4)C(=O)OCCc1ccc(cc1)CCOC(=O)N(C2)C3. The van der Waals surface area contributed by atoms with E-state index in [9.17, 15) is 9.59 Å². The largest absolute Gasteiger partial charge is 0.496 e. The van der Waals surface area contributed by atoms with Crippen molar-refractivity contribution in [3.05, 3.63) is 57.6 Å². The lowest BCUT2D eigenvalue weighted by atomic mass is 9.98. The van der Waals surface area contributed by atoms with Crippen molar-refractivity contribution in [1.82, 2.24) is 9.80 Å². The first kappa shape index (κ1) is 20.5. The fourth-order valence-corrected chi connectivity index (χ4v) is 4.78. The molecule has 0 N–H and O–H groups in total. The minimum atomic E-state index is -0.356. The van der Waals surface area contributed by atoms with Gasteiger partial charge in [0.1, 0.15) is 11.5 Å². The number of hydrogen-bond donors (Lipinski definition) is 0. The van der Waals surface area contributed by atoms with E-state index in [1.807, 2.05) is 24.3 Å². The Morgan fingerprint density at radius 2 is 1.00 bits per heavy atom. The second-order valence-electron chi connectivity index (χ2n) is 8.24. The van der Waals surface area contributed by atoms with Crippen LogP contribution in [0.3, 0.4) is 0 Å². The zero-order chi connectivity index (χ0) is 22.2. The van der Waals surface area contributed by atoms with Crippen LogP contribution in [0.1, 0.15) is 33.4 Å². The van der Waals surface area contributed by atoms with Gasteiger partial charge < -0.3 is 18.9 Å². The first-order valence-corrected chi connectivity index (χ1v) is 10.8. The summed E-state index contributed by atoms with van der Waals surface area (Å²) in [5.74, 6) is 1.41. The third-order valence-corrected chi connectivity index (χ3v) is 6.40. The standard InChI is InChI=1S/C24H26N2O6/c1-29-21-17-11-25-13-19(17)22(30-2)20-14-26(12-18(20)21)24(28)32-10-8-16-4-3-15(5-6-16)7-9-31-23(25)27/h3-6H,7-14H2,1-2H3. The second kappa shape index (κ2) is 8.26. The molecule has 0 fully saturated rings. The Bertz CT molecular complexity index is 944. The number of nitrogens with zero attached hydrogens (tertiary/aromatic N) is 2. The summed E-state index contributed by atoms with van der Waals surface area (Å²) in [6, 6.07) is 8.07. The molecule has 6 heterocycles. The normalized spacial score (nSPS) is 17.8. The lowest BCUT2D eigenvalue weighted by Crippen LogP contribution is -2.27. The first-order chi connectivity index (χ1) is 15.6. The summed E-state index contributed by atoms with van der Waals surface area (Å²) in [6.07, 6.45) is 0.561. The van der Waals surface area contributed by atoms with Crippen LogP contribution in [-0.2, 0) is 48.5 Å². The lowest BCUT2D eigenvalue weighted by molar-refractivity contribution is 0.102. The average molecular weight is 438 g/mol. The lowest BCUT2D eigenvalue weighted by Gasteiger charge is -2.16. The highest BCUT2D eigenvalue weighted by Gasteiger charge is 2.38. The molecule has 8 nitrogen and oxygen atoms in total. The Morgan fingerprint density at radius 1 is 0.656 bits per heavy atom. The zero-order valence-electron chi connectivity index (χ0n) is 18.3. The summed E-state index contributed by atoms with van der Waals surface area (Å²) in [5.41, 5.74) is 5.80. The van der Waals surface area contributed by atoms with Gasteiger partial charge in [0.05, 0.1) is 53.6 Å². The van der Waals surface area contributed by atoms with E-state index >= 15 is 0 Å². The molecule has 0 saturated carbocycles. The van der Waals surface area contributed by atoms with E-state index < -0.39 is 0 Å². The van der Waals surface area contributed by atoms with Crippen LogP contribution in [0.2, 0.25) is 0 Å². The van der Waals surface area contributed by atoms with Crippen molar-refractivity contribution in [3.8, 4) is 11.5 Å². The van der Waals surface area contributed by atoms with Gasteiger partial charge in [0.25, 0.3) is 0 Å². The van der Waals surface area contributed by atoms with E-state index in [0.717, 1.165) is 33.4 Å². The smallest absolute Gasteiger partial charge is 0.410 e. The molecular weight excluding hydrogens is 412 g/mol. The summed E-state index contributed by atoms with van der Waals surface area (Å²) >= 11 is 0. The van der Waals surface area contributed by atoms with Crippen molar-refractivity contribution in [2.45, 2.75) is 39.0 Å². The fraction of sp³-hybridized carbons (Fsp3) is 0.417. The summed E-state index contributed by atoms with van der Waals surface area (Å²) in [7, 11) is 3.23. The maximum Gasteiger partial charge on any atom is 0.410 e. The van der Waals surface area contributed by atoms with Crippen LogP contribution in [0, 0.1) is 0 Å². The number of methoxy groups -OCH3 is 2. The maximum absolute atomic E-state index is 12.8. The number of rotatable bonds is 2. The second-order valence-corrected chi connectivity index (χ2v) is 8.24. The fourth-order valence-electron chi connectivity index (χ4n) is 4.78. The molecule has 0 aliphatic carbocycles. The molecule has 2 aromatic rings. The van der Waals surface area contributed by atoms with Crippen LogP contribution in [0.25, 0.3) is 0 Å². The molecule has 2 amide bonds. The van der Waals surface area contributed by atoms with E-state index in [4.69, 9.17) is 18.9 Å². The van der Waals surface area contributed by atoms with Crippen LogP contribution in [-0.4, -0.2) is 49.4 Å². The summed E-state index contributed by atoms with van der Waals surface area (Å²) in [5, 5.41) is 0. The molecule has 6 aliphatic rings. The van der Waals surface area contributed by atoms with Crippen molar-refractivity contribution in [1.29, 1.82) is 0 Å². The van der Waals surface area contributed by atoms with E-state index in [1.54, 1.807) is 24.0 Å². The number of amides is 2. The van der Waals surface area contributed by atoms with Crippen LogP contribution in [0.5, 0.6) is 11.5 Å². The van der Waals surface area contributed by atoms with Crippen LogP contribution >= 0.6 is 0 Å². The molecule has 2 aromatic carbocycles. The van der Waals surface area contributed by atoms with E-state index in [-0.39, 0.29) is 12.2 Å². The van der Waals surface area contributed by atoms with Gasteiger partial charge >= 0.3 is 12.2 Å². The third-order valence-electron chi connectivity index (χ3n) is 6.40. The molecule has 0 radical (unpaired) electrons. The molecule has 8 bridgehead atoms. The maximum atomic E-state index is 12.8. The Kier molecular flexibility index (Phi) is 5.28. The molecule has 8 rings (SSSR count). The predicted molar refractivity (Wildman–Crippen MR) is 115 cm³/mol. The summed E-state index contributed by atoms with van der Waals surface area (Å²) in [6.45, 7) is 2.12.